The molecule has 0 aromatic heterocycles. The number of carboxylic acids is 1. The highest BCUT2D eigenvalue weighted by Crippen LogP contribution is 2.34. The lowest BCUT2D eigenvalue weighted by Gasteiger charge is -2.38. The van der Waals surface area contributed by atoms with E-state index < -0.39 is 11.5 Å². The Morgan fingerprint density at radius 1 is 1.29 bits per heavy atom. The van der Waals surface area contributed by atoms with Crippen molar-refractivity contribution >= 4 is 12.0 Å². The lowest BCUT2D eigenvalue weighted by atomic mass is 9.75. The Balaban J connectivity index is 2.03. The summed E-state index contributed by atoms with van der Waals surface area (Å²) in [7, 11) is 0. The first-order valence-corrected chi connectivity index (χ1v) is 7.95. The number of aliphatic carboxylic acids is 1. The van der Waals surface area contributed by atoms with Gasteiger partial charge in [0.2, 0.25) is 0 Å². The SMILES string of the molecule is CCC1CCC(NC(=O)N2CCCC2CO)(C(=O)O)CC1. The number of carboxylic acid groups (broad SMARTS) is 1. The molecule has 2 aliphatic rings. The summed E-state index contributed by atoms with van der Waals surface area (Å²) in [4.78, 5) is 25.7. The second-order valence-corrected chi connectivity index (χ2v) is 6.34. The van der Waals surface area contributed by atoms with Gasteiger partial charge in [-0.05, 0) is 44.4 Å². The molecule has 1 aliphatic heterocycles. The molecule has 0 bridgehead atoms. The van der Waals surface area contributed by atoms with Gasteiger partial charge in [-0.25, -0.2) is 9.59 Å². The van der Waals surface area contributed by atoms with Crippen molar-refractivity contribution in [1.82, 2.24) is 10.2 Å². The smallest absolute Gasteiger partial charge is 0.329 e. The number of nitrogens with zero attached hydrogens (tertiary/aromatic N) is 1. The highest BCUT2D eigenvalue weighted by atomic mass is 16.4. The van der Waals surface area contributed by atoms with Crippen LogP contribution >= 0.6 is 0 Å². The summed E-state index contributed by atoms with van der Waals surface area (Å²) in [6.45, 7) is 2.64. The number of aliphatic hydroxyl groups excluding tert-OH is 1. The van der Waals surface area contributed by atoms with Crippen molar-refractivity contribution in [1.29, 1.82) is 0 Å². The van der Waals surface area contributed by atoms with Gasteiger partial charge >= 0.3 is 12.0 Å². The maximum atomic E-state index is 12.4. The summed E-state index contributed by atoms with van der Waals surface area (Å²) in [5.74, 6) is -0.378. The molecular formula is C15H26N2O4. The van der Waals surface area contributed by atoms with Gasteiger partial charge in [0.25, 0.3) is 0 Å². The third-order valence-electron chi connectivity index (χ3n) is 5.14. The lowest BCUT2D eigenvalue weighted by Crippen LogP contribution is -2.60. The van der Waals surface area contributed by atoms with Crippen molar-refractivity contribution < 1.29 is 19.8 Å². The van der Waals surface area contributed by atoms with Crippen molar-refractivity contribution in [3.63, 3.8) is 0 Å². The number of carbonyl (C=O) groups is 2. The molecule has 1 heterocycles. The van der Waals surface area contributed by atoms with Crippen molar-refractivity contribution in [3.8, 4) is 0 Å². The van der Waals surface area contributed by atoms with Crippen LogP contribution in [0, 0.1) is 5.92 Å². The van der Waals surface area contributed by atoms with Crippen molar-refractivity contribution in [2.24, 2.45) is 5.92 Å². The topological polar surface area (TPSA) is 89.9 Å². The largest absolute Gasteiger partial charge is 0.480 e. The molecule has 0 spiro atoms. The minimum Gasteiger partial charge on any atom is -0.480 e. The third kappa shape index (κ3) is 3.31. The summed E-state index contributed by atoms with van der Waals surface area (Å²) >= 11 is 0. The lowest BCUT2D eigenvalue weighted by molar-refractivity contribution is -0.146. The van der Waals surface area contributed by atoms with Gasteiger partial charge in [-0.15, -0.1) is 0 Å². The van der Waals surface area contributed by atoms with E-state index in [9.17, 15) is 19.8 Å². The maximum Gasteiger partial charge on any atom is 0.329 e. The quantitative estimate of drug-likeness (QED) is 0.735. The highest BCUT2D eigenvalue weighted by Gasteiger charge is 2.44. The fourth-order valence-corrected chi connectivity index (χ4v) is 3.54. The van der Waals surface area contributed by atoms with Crippen LogP contribution in [-0.2, 0) is 4.79 Å². The first-order chi connectivity index (χ1) is 10.0. The van der Waals surface area contributed by atoms with E-state index >= 15 is 0 Å². The Hall–Kier alpha value is -1.30. The molecule has 6 heteroatoms. The summed E-state index contributed by atoms with van der Waals surface area (Å²) in [5, 5.41) is 21.6. The number of urea groups is 1. The average molecular weight is 298 g/mol. The van der Waals surface area contributed by atoms with Gasteiger partial charge in [-0.1, -0.05) is 13.3 Å². The zero-order valence-corrected chi connectivity index (χ0v) is 12.7. The Bertz CT molecular complexity index is 391. The zero-order chi connectivity index (χ0) is 15.5. The van der Waals surface area contributed by atoms with Crippen LogP contribution in [-0.4, -0.2) is 51.8 Å². The summed E-state index contributed by atoms with van der Waals surface area (Å²) in [6, 6.07) is -0.522. The molecule has 0 aromatic rings. The van der Waals surface area contributed by atoms with E-state index in [0.29, 0.717) is 25.3 Å². The number of rotatable bonds is 4. The van der Waals surface area contributed by atoms with E-state index in [4.69, 9.17) is 0 Å². The molecule has 2 amide bonds. The van der Waals surface area contributed by atoms with Crippen molar-refractivity contribution in [2.75, 3.05) is 13.2 Å². The van der Waals surface area contributed by atoms with Crippen LogP contribution in [0.4, 0.5) is 4.79 Å². The average Bonchev–Trinajstić information content (AvgIpc) is 2.96. The molecule has 0 radical (unpaired) electrons. The third-order valence-corrected chi connectivity index (χ3v) is 5.14. The standard InChI is InChI=1S/C15H26N2O4/c1-2-11-5-7-15(8-6-11,13(19)20)16-14(21)17-9-3-4-12(17)10-18/h11-12,18H,2-10H2,1H3,(H,16,21)(H,19,20). The molecule has 120 valence electrons. The van der Waals surface area contributed by atoms with Gasteiger partial charge in [0.15, 0.2) is 0 Å². The number of amides is 2. The molecule has 1 unspecified atom stereocenters. The molecule has 1 saturated carbocycles. The van der Waals surface area contributed by atoms with Crippen LogP contribution in [0.2, 0.25) is 0 Å². The second kappa shape index (κ2) is 6.64. The molecule has 6 nitrogen and oxygen atoms in total. The van der Waals surface area contributed by atoms with E-state index in [1.165, 1.54) is 0 Å². The normalized spacial score (nSPS) is 33.0. The van der Waals surface area contributed by atoms with Crippen LogP contribution in [0.5, 0.6) is 0 Å². The Labute approximate surface area is 125 Å². The molecule has 1 atom stereocenters. The Morgan fingerprint density at radius 3 is 2.48 bits per heavy atom. The number of hydrogen-bond acceptors (Lipinski definition) is 3. The number of nitrogens with one attached hydrogen (secondary N) is 1. The van der Waals surface area contributed by atoms with E-state index in [1.54, 1.807) is 4.90 Å². The van der Waals surface area contributed by atoms with Crippen LogP contribution in [0.15, 0.2) is 0 Å². The van der Waals surface area contributed by atoms with Crippen LogP contribution < -0.4 is 5.32 Å². The number of hydrogen-bond donors (Lipinski definition) is 3. The Morgan fingerprint density at radius 2 is 1.95 bits per heavy atom. The van der Waals surface area contributed by atoms with Crippen LogP contribution in [0.1, 0.15) is 51.9 Å². The number of aliphatic hydroxyl groups is 1. The molecule has 0 aromatic carbocycles. The zero-order valence-electron chi connectivity index (χ0n) is 12.7. The molecule has 2 rings (SSSR count). The molecular weight excluding hydrogens is 272 g/mol. The summed E-state index contributed by atoms with van der Waals surface area (Å²) < 4.78 is 0. The first kappa shape index (κ1) is 16.1. The molecule has 21 heavy (non-hydrogen) atoms. The van der Waals surface area contributed by atoms with Gasteiger partial charge in [0, 0.05) is 6.54 Å². The van der Waals surface area contributed by atoms with Crippen LogP contribution in [0.25, 0.3) is 0 Å². The van der Waals surface area contributed by atoms with Gasteiger partial charge in [-0.3, -0.25) is 0 Å². The van der Waals surface area contributed by atoms with E-state index in [2.05, 4.69) is 12.2 Å². The molecule has 2 fully saturated rings. The molecule has 1 saturated heterocycles. The second-order valence-electron chi connectivity index (χ2n) is 6.34. The fraction of sp³-hybridized carbons (Fsp3) is 0.867. The summed E-state index contributed by atoms with van der Waals surface area (Å²) in [5.41, 5.74) is -1.13. The van der Waals surface area contributed by atoms with E-state index in [1.807, 2.05) is 0 Å². The van der Waals surface area contributed by atoms with E-state index in [0.717, 1.165) is 32.1 Å². The minimum atomic E-state index is -1.13. The van der Waals surface area contributed by atoms with Gasteiger partial charge < -0.3 is 20.4 Å². The highest BCUT2D eigenvalue weighted by molar-refractivity contribution is 5.86. The predicted molar refractivity (Wildman–Crippen MR) is 78.0 cm³/mol. The fourth-order valence-electron chi connectivity index (χ4n) is 3.54. The van der Waals surface area contributed by atoms with Gasteiger partial charge in [0.1, 0.15) is 5.54 Å². The maximum absolute atomic E-state index is 12.4. The van der Waals surface area contributed by atoms with Crippen LogP contribution in [0.3, 0.4) is 0 Å². The minimum absolute atomic E-state index is 0.0641. The Kier molecular flexibility index (Phi) is 5.08. The summed E-state index contributed by atoms with van der Waals surface area (Å²) in [6.07, 6.45) is 5.36. The van der Waals surface area contributed by atoms with E-state index in [-0.39, 0.29) is 18.7 Å². The molecule has 3 N–H and O–H groups in total. The molecule has 1 aliphatic carbocycles. The van der Waals surface area contributed by atoms with Gasteiger partial charge in [0.05, 0.1) is 12.6 Å². The first-order valence-electron chi connectivity index (χ1n) is 7.95. The number of carbonyl (C=O) groups excluding carboxylic acids is 1. The van der Waals surface area contributed by atoms with Crippen molar-refractivity contribution in [3.05, 3.63) is 0 Å². The number of likely N-dealkylation sites (tertiary alicyclic amines) is 1. The van der Waals surface area contributed by atoms with Crippen molar-refractivity contribution in [2.45, 2.75) is 63.5 Å². The predicted octanol–water partition coefficient (Wildman–Crippen LogP) is 1.58. The van der Waals surface area contributed by atoms with Gasteiger partial charge in [-0.2, -0.15) is 0 Å². The monoisotopic (exact) mass is 298 g/mol.